The molecule has 0 atom stereocenters. The van der Waals surface area contributed by atoms with Gasteiger partial charge in [0.25, 0.3) is 5.91 Å². The lowest BCUT2D eigenvalue weighted by Gasteiger charge is -2.16. The second kappa shape index (κ2) is 5.88. The number of hydrogen-bond donors (Lipinski definition) is 0. The number of nitro groups is 1. The summed E-state index contributed by atoms with van der Waals surface area (Å²) in [4.78, 5) is 27.6. The van der Waals surface area contributed by atoms with Crippen LogP contribution < -0.4 is 0 Å². The second-order valence-corrected chi connectivity index (χ2v) is 4.80. The monoisotopic (exact) mass is 309 g/mol. The number of nitrogens with zero attached hydrogens (tertiary/aromatic N) is 5. The minimum atomic E-state index is -0.708. The molecule has 0 aliphatic heterocycles. The van der Waals surface area contributed by atoms with Crippen molar-refractivity contribution < 1.29 is 9.72 Å². The van der Waals surface area contributed by atoms with E-state index in [2.05, 4.69) is 10.1 Å². The number of rotatable bonds is 4. The average Bonchev–Trinajstić information content (AvgIpc) is 2.82. The molecule has 0 saturated carbocycles. The van der Waals surface area contributed by atoms with Gasteiger partial charge in [-0.2, -0.15) is 5.10 Å². The van der Waals surface area contributed by atoms with Gasteiger partial charge >= 0.3 is 5.69 Å². The fourth-order valence-electron chi connectivity index (χ4n) is 1.88. The Hall–Kier alpha value is -2.48. The third-order valence-corrected chi connectivity index (χ3v) is 3.09. The van der Waals surface area contributed by atoms with E-state index >= 15 is 0 Å². The number of hydrogen-bond acceptors (Lipinski definition) is 5. The van der Waals surface area contributed by atoms with Gasteiger partial charge in [-0.25, -0.2) is 4.98 Å². The lowest BCUT2D eigenvalue weighted by Crippen LogP contribution is -2.27. The fourth-order valence-corrected chi connectivity index (χ4v) is 2.11. The standard InChI is InChI=1S/C12H12ClN5O3/c1-16(6-8-5-15-17(2)7-8)12(19)9-3-4-14-11(13)10(9)18(20)21/h3-5,7H,6H2,1-2H3. The van der Waals surface area contributed by atoms with Crippen molar-refractivity contribution in [1.82, 2.24) is 19.7 Å². The molecular formula is C12H12ClN5O3. The van der Waals surface area contributed by atoms with Crippen LogP contribution in [-0.4, -0.2) is 37.5 Å². The number of carbonyl (C=O) groups is 1. The molecule has 0 spiro atoms. The lowest BCUT2D eigenvalue weighted by molar-refractivity contribution is -0.385. The molecule has 0 unspecified atom stereocenters. The molecule has 0 aliphatic rings. The summed E-state index contributed by atoms with van der Waals surface area (Å²) in [6, 6.07) is 1.28. The van der Waals surface area contributed by atoms with Gasteiger partial charge in [0.05, 0.1) is 11.1 Å². The zero-order valence-electron chi connectivity index (χ0n) is 11.4. The largest absolute Gasteiger partial charge is 0.337 e. The summed E-state index contributed by atoms with van der Waals surface area (Å²) >= 11 is 5.70. The quantitative estimate of drug-likeness (QED) is 0.486. The van der Waals surface area contributed by atoms with Crippen molar-refractivity contribution in [3.63, 3.8) is 0 Å². The normalized spacial score (nSPS) is 10.4. The number of pyridine rings is 1. The first-order valence-electron chi connectivity index (χ1n) is 5.92. The van der Waals surface area contributed by atoms with E-state index in [1.165, 1.54) is 17.2 Å². The summed E-state index contributed by atoms with van der Waals surface area (Å²) in [5.74, 6) is -0.505. The number of aromatic nitrogens is 3. The van der Waals surface area contributed by atoms with Crippen molar-refractivity contribution in [2.24, 2.45) is 7.05 Å². The Balaban J connectivity index is 2.27. The Morgan fingerprint density at radius 2 is 2.29 bits per heavy atom. The molecule has 0 aromatic carbocycles. The van der Waals surface area contributed by atoms with Gasteiger partial charge in [-0.3, -0.25) is 19.6 Å². The van der Waals surface area contributed by atoms with E-state index < -0.39 is 16.5 Å². The smallest absolute Gasteiger partial charge is 0.319 e. The van der Waals surface area contributed by atoms with Gasteiger partial charge < -0.3 is 4.90 Å². The van der Waals surface area contributed by atoms with E-state index in [0.29, 0.717) is 0 Å². The maximum Gasteiger partial charge on any atom is 0.319 e. The van der Waals surface area contributed by atoms with E-state index in [0.717, 1.165) is 5.56 Å². The van der Waals surface area contributed by atoms with Gasteiger partial charge in [-0.05, 0) is 6.07 Å². The highest BCUT2D eigenvalue weighted by Crippen LogP contribution is 2.27. The van der Waals surface area contributed by atoms with Crippen LogP contribution in [0.2, 0.25) is 5.15 Å². The first-order valence-corrected chi connectivity index (χ1v) is 6.30. The molecule has 0 aliphatic carbocycles. The maximum atomic E-state index is 12.3. The van der Waals surface area contributed by atoms with Crippen LogP contribution >= 0.6 is 11.6 Å². The third kappa shape index (κ3) is 3.16. The molecular weight excluding hydrogens is 298 g/mol. The minimum absolute atomic E-state index is 0.0913. The highest BCUT2D eigenvalue weighted by molar-refractivity contribution is 6.32. The molecule has 110 valence electrons. The van der Waals surface area contributed by atoms with Gasteiger partial charge in [-0.1, -0.05) is 11.6 Å². The molecule has 8 nitrogen and oxygen atoms in total. The van der Waals surface area contributed by atoms with Crippen LogP contribution in [0.4, 0.5) is 5.69 Å². The van der Waals surface area contributed by atoms with Gasteiger partial charge in [-0.15, -0.1) is 0 Å². The van der Waals surface area contributed by atoms with Crippen molar-refractivity contribution in [1.29, 1.82) is 0 Å². The van der Waals surface area contributed by atoms with Crippen molar-refractivity contribution in [3.05, 3.63) is 51.1 Å². The van der Waals surface area contributed by atoms with Crippen molar-refractivity contribution in [2.75, 3.05) is 7.05 Å². The SMILES string of the molecule is CN(Cc1cnn(C)c1)C(=O)c1ccnc(Cl)c1[N+](=O)[O-]. The Morgan fingerprint density at radius 1 is 1.57 bits per heavy atom. The van der Waals surface area contributed by atoms with Gasteiger partial charge in [0.15, 0.2) is 0 Å². The molecule has 2 heterocycles. The number of carbonyl (C=O) groups excluding carboxylic acids is 1. The Kier molecular flexibility index (Phi) is 4.18. The second-order valence-electron chi connectivity index (χ2n) is 4.44. The third-order valence-electron chi connectivity index (χ3n) is 2.82. The molecule has 21 heavy (non-hydrogen) atoms. The van der Waals surface area contributed by atoms with Crippen molar-refractivity contribution in [3.8, 4) is 0 Å². The zero-order chi connectivity index (χ0) is 15.6. The summed E-state index contributed by atoms with van der Waals surface area (Å²) in [5.41, 5.74) is 0.241. The number of amides is 1. The molecule has 2 aromatic heterocycles. The summed E-state index contributed by atoms with van der Waals surface area (Å²) in [5, 5.41) is 14.7. The molecule has 0 bridgehead atoms. The van der Waals surface area contributed by atoms with Crippen LogP contribution in [0.15, 0.2) is 24.7 Å². The maximum absolute atomic E-state index is 12.3. The number of halogens is 1. The van der Waals surface area contributed by atoms with Gasteiger partial charge in [0.2, 0.25) is 5.15 Å². The first kappa shape index (κ1) is 14.9. The Labute approximate surface area is 125 Å². The predicted molar refractivity (Wildman–Crippen MR) is 74.9 cm³/mol. The molecule has 2 rings (SSSR count). The summed E-state index contributed by atoms with van der Waals surface area (Å²) in [6.07, 6.45) is 4.65. The van der Waals surface area contributed by atoms with Crippen molar-refractivity contribution in [2.45, 2.75) is 6.54 Å². The van der Waals surface area contributed by atoms with Crippen LogP contribution in [0.5, 0.6) is 0 Å². The predicted octanol–water partition coefficient (Wildman–Crippen LogP) is 1.65. The molecule has 0 fully saturated rings. The van der Waals surface area contributed by atoms with Crippen LogP contribution in [0.25, 0.3) is 0 Å². The summed E-state index contributed by atoms with van der Waals surface area (Å²) in [7, 11) is 3.31. The van der Waals surface area contributed by atoms with E-state index in [1.807, 2.05) is 0 Å². The Bertz CT molecular complexity index is 700. The molecule has 9 heteroatoms. The van der Waals surface area contributed by atoms with Crippen LogP contribution in [0.3, 0.4) is 0 Å². The number of aryl methyl sites for hydroxylation is 1. The fraction of sp³-hybridized carbons (Fsp3) is 0.250. The molecule has 1 amide bonds. The van der Waals surface area contributed by atoms with E-state index in [1.54, 1.807) is 31.2 Å². The molecule has 0 N–H and O–H groups in total. The topological polar surface area (TPSA) is 94.2 Å². The van der Waals surface area contributed by atoms with Crippen LogP contribution in [0.1, 0.15) is 15.9 Å². The first-order chi connectivity index (χ1) is 9.90. The minimum Gasteiger partial charge on any atom is -0.337 e. The van der Waals surface area contributed by atoms with E-state index in [4.69, 9.17) is 11.6 Å². The highest BCUT2D eigenvalue weighted by atomic mass is 35.5. The summed E-state index contributed by atoms with van der Waals surface area (Å²) in [6.45, 7) is 0.282. The van der Waals surface area contributed by atoms with Gasteiger partial charge in [0, 0.05) is 38.6 Å². The summed E-state index contributed by atoms with van der Waals surface area (Å²) < 4.78 is 1.61. The lowest BCUT2D eigenvalue weighted by atomic mass is 10.2. The van der Waals surface area contributed by atoms with E-state index in [-0.39, 0.29) is 17.3 Å². The molecule has 2 aromatic rings. The Morgan fingerprint density at radius 3 is 2.86 bits per heavy atom. The highest BCUT2D eigenvalue weighted by Gasteiger charge is 2.26. The average molecular weight is 310 g/mol. The zero-order valence-corrected chi connectivity index (χ0v) is 12.1. The molecule has 0 radical (unpaired) electrons. The van der Waals surface area contributed by atoms with E-state index in [9.17, 15) is 14.9 Å². The van der Waals surface area contributed by atoms with Crippen LogP contribution in [0, 0.1) is 10.1 Å². The van der Waals surface area contributed by atoms with Gasteiger partial charge in [0.1, 0.15) is 5.56 Å². The van der Waals surface area contributed by atoms with Crippen molar-refractivity contribution >= 4 is 23.2 Å². The van der Waals surface area contributed by atoms with Crippen LogP contribution in [-0.2, 0) is 13.6 Å². The molecule has 0 saturated heterocycles.